The molecule has 2 heterocycles. The number of fused-ring (bicyclic) bond motifs is 1. The molecule has 2 aliphatic heterocycles. The Morgan fingerprint density at radius 2 is 1.37 bits per heavy atom. The third kappa shape index (κ3) is 3.80. The van der Waals surface area contributed by atoms with Crippen molar-refractivity contribution in [2.24, 2.45) is 0 Å². The van der Waals surface area contributed by atoms with Crippen LogP contribution in [-0.4, -0.2) is 41.0 Å². The zero-order chi connectivity index (χ0) is 24.5. The van der Waals surface area contributed by atoms with Crippen LogP contribution in [0.15, 0.2) is 102 Å². The Morgan fingerprint density at radius 1 is 0.829 bits per heavy atom. The van der Waals surface area contributed by atoms with Gasteiger partial charge in [0.25, 0.3) is 11.8 Å². The van der Waals surface area contributed by atoms with Gasteiger partial charge < -0.3 is 10.1 Å². The molecule has 0 radical (unpaired) electrons. The van der Waals surface area contributed by atoms with E-state index in [1.54, 1.807) is 31.2 Å². The number of hydrogen-bond donors (Lipinski definition) is 1. The standard InChI is InChI=1S/C28H25N3O4/c1-18-22(28(34)35-2)24(19-12-6-3-7-13-19)31-25(20-14-8-4-9-15-20)23(27(33)30(18)31)29-26(32)21-16-10-5-11-17-21/h3-17,23-25H,1-2H3,(H,29,32)/t23-,24+,25-/m0/s1. The Labute approximate surface area is 203 Å². The molecule has 0 aliphatic carbocycles. The van der Waals surface area contributed by atoms with Gasteiger partial charge in [-0.2, -0.15) is 5.01 Å². The summed E-state index contributed by atoms with van der Waals surface area (Å²) in [6.45, 7) is 1.74. The van der Waals surface area contributed by atoms with E-state index in [0.717, 1.165) is 11.1 Å². The molecule has 0 unspecified atom stereocenters. The average molecular weight is 468 g/mol. The molecule has 7 heteroatoms. The lowest BCUT2D eigenvalue weighted by molar-refractivity contribution is -0.138. The molecule has 176 valence electrons. The second-order valence-corrected chi connectivity index (χ2v) is 8.51. The maximum absolute atomic E-state index is 13.9. The first kappa shape index (κ1) is 22.6. The third-order valence-electron chi connectivity index (χ3n) is 6.54. The molecule has 1 N–H and O–H groups in total. The number of carbonyl (C=O) groups excluding carboxylic acids is 3. The summed E-state index contributed by atoms with van der Waals surface area (Å²) in [6, 6.07) is 25.9. The van der Waals surface area contributed by atoms with Gasteiger partial charge in [-0.3, -0.25) is 9.59 Å². The summed E-state index contributed by atoms with van der Waals surface area (Å²) < 4.78 is 5.12. The first-order valence-electron chi connectivity index (χ1n) is 11.4. The summed E-state index contributed by atoms with van der Waals surface area (Å²) in [5, 5.41) is 6.38. The van der Waals surface area contributed by atoms with E-state index in [1.165, 1.54) is 12.1 Å². The van der Waals surface area contributed by atoms with Gasteiger partial charge in [-0.1, -0.05) is 78.9 Å². The van der Waals surface area contributed by atoms with Crippen molar-refractivity contribution in [1.82, 2.24) is 15.3 Å². The number of rotatable bonds is 5. The Balaban J connectivity index is 1.64. The minimum Gasteiger partial charge on any atom is -0.466 e. The monoisotopic (exact) mass is 467 g/mol. The first-order valence-corrected chi connectivity index (χ1v) is 11.4. The number of benzene rings is 3. The van der Waals surface area contributed by atoms with Gasteiger partial charge in [0, 0.05) is 11.3 Å². The van der Waals surface area contributed by atoms with Gasteiger partial charge >= 0.3 is 5.97 Å². The van der Waals surface area contributed by atoms with E-state index in [2.05, 4.69) is 5.32 Å². The number of hydrazine groups is 1. The van der Waals surface area contributed by atoms with Crippen LogP contribution in [0.25, 0.3) is 0 Å². The molecule has 2 aliphatic rings. The van der Waals surface area contributed by atoms with Crippen molar-refractivity contribution >= 4 is 17.8 Å². The van der Waals surface area contributed by atoms with Gasteiger partial charge in [0.15, 0.2) is 0 Å². The van der Waals surface area contributed by atoms with Crippen LogP contribution in [-0.2, 0) is 14.3 Å². The molecule has 0 aromatic heterocycles. The van der Waals surface area contributed by atoms with Crippen molar-refractivity contribution in [3.8, 4) is 0 Å². The van der Waals surface area contributed by atoms with Crippen LogP contribution in [0.1, 0.15) is 40.5 Å². The summed E-state index contributed by atoms with van der Waals surface area (Å²) in [5.41, 5.74) is 3.06. The summed E-state index contributed by atoms with van der Waals surface area (Å²) in [6.07, 6.45) is 0. The Hall–Kier alpha value is -4.23. The Bertz CT molecular complexity index is 1290. The van der Waals surface area contributed by atoms with Crippen LogP contribution < -0.4 is 5.32 Å². The summed E-state index contributed by atoms with van der Waals surface area (Å²) in [5.74, 6) is -1.13. The SMILES string of the molecule is COC(=O)C1=C(C)N2C(=O)[C@@H](NC(=O)c3ccccc3)[C@H](c3ccccc3)N2[C@@H]1c1ccccc1. The molecule has 2 amide bonds. The molecule has 3 atom stereocenters. The molecule has 0 spiro atoms. The Kier molecular flexibility index (Phi) is 5.93. The van der Waals surface area contributed by atoms with Gasteiger partial charge in [0.2, 0.25) is 0 Å². The molecular formula is C28H25N3O4. The van der Waals surface area contributed by atoms with Crippen molar-refractivity contribution in [2.75, 3.05) is 7.11 Å². The highest BCUT2D eigenvalue weighted by molar-refractivity contribution is 6.00. The first-order chi connectivity index (χ1) is 17.0. The number of nitrogens with one attached hydrogen (secondary N) is 1. The quantitative estimate of drug-likeness (QED) is 0.578. The number of hydrogen-bond acceptors (Lipinski definition) is 5. The van der Waals surface area contributed by atoms with E-state index >= 15 is 0 Å². The number of allylic oxidation sites excluding steroid dienone is 1. The van der Waals surface area contributed by atoms with Crippen LogP contribution >= 0.6 is 0 Å². The lowest BCUT2D eigenvalue weighted by Crippen LogP contribution is -2.44. The van der Waals surface area contributed by atoms with Gasteiger partial charge in [-0.05, 0) is 30.2 Å². The van der Waals surface area contributed by atoms with E-state index in [-0.39, 0.29) is 11.8 Å². The molecule has 1 saturated heterocycles. The molecule has 35 heavy (non-hydrogen) atoms. The number of ether oxygens (including phenoxy) is 1. The second kappa shape index (κ2) is 9.19. The van der Waals surface area contributed by atoms with Gasteiger partial charge in [0.05, 0.1) is 24.8 Å². The molecule has 3 aromatic rings. The van der Waals surface area contributed by atoms with Crippen LogP contribution in [0.4, 0.5) is 0 Å². The van der Waals surface area contributed by atoms with E-state index < -0.39 is 24.1 Å². The minimum absolute atomic E-state index is 0.305. The number of carbonyl (C=O) groups is 3. The topological polar surface area (TPSA) is 79.0 Å². The molecular weight excluding hydrogens is 442 g/mol. The van der Waals surface area contributed by atoms with Crippen molar-refractivity contribution in [1.29, 1.82) is 0 Å². The number of amides is 2. The summed E-state index contributed by atoms with van der Waals surface area (Å²) in [4.78, 5) is 39.9. The number of nitrogens with zero attached hydrogens (tertiary/aromatic N) is 2. The molecule has 0 saturated carbocycles. The van der Waals surface area contributed by atoms with E-state index in [4.69, 9.17) is 4.74 Å². The molecule has 1 fully saturated rings. The van der Waals surface area contributed by atoms with Gasteiger partial charge in [0.1, 0.15) is 6.04 Å². The number of esters is 1. The van der Waals surface area contributed by atoms with Crippen LogP contribution in [0.2, 0.25) is 0 Å². The predicted octanol–water partition coefficient (Wildman–Crippen LogP) is 3.79. The van der Waals surface area contributed by atoms with E-state index in [0.29, 0.717) is 16.8 Å². The smallest absolute Gasteiger partial charge is 0.337 e. The molecule has 3 aromatic carbocycles. The molecule has 5 rings (SSSR count). The van der Waals surface area contributed by atoms with Crippen molar-refractivity contribution < 1.29 is 19.1 Å². The van der Waals surface area contributed by atoms with Crippen molar-refractivity contribution in [3.63, 3.8) is 0 Å². The van der Waals surface area contributed by atoms with Crippen molar-refractivity contribution in [3.05, 3.63) is 119 Å². The third-order valence-corrected chi connectivity index (χ3v) is 6.54. The lowest BCUT2D eigenvalue weighted by Gasteiger charge is -2.33. The van der Waals surface area contributed by atoms with Crippen LogP contribution in [0.5, 0.6) is 0 Å². The Morgan fingerprint density at radius 3 is 1.94 bits per heavy atom. The summed E-state index contributed by atoms with van der Waals surface area (Å²) >= 11 is 0. The number of methoxy groups -OCH3 is 1. The van der Waals surface area contributed by atoms with Crippen LogP contribution in [0, 0.1) is 0 Å². The highest BCUT2D eigenvalue weighted by Crippen LogP contribution is 2.50. The zero-order valence-electron chi connectivity index (χ0n) is 19.4. The van der Waals surface area contributed by atoms with Crippen LogP contribution in [0.3, 0.4) is 0 Å². The zero-order valence-corrected chi connectivity index (χ0v) is 19.4. The molecule has 0 bridgehead atoms. The predicted molar refractivity (Wildman–Crippen MR) is 129 cm³/mol. The maximum atomic E-state index is 13.9. The highest BCUT2D eigenvalue weighted by atomic mass is 16.5. The fourth-order valence-electron chi connectivity index (χ4n) is 4.99. The molecule has 7 nitrogen and oxygen atoms in total. The maximum Gasteiger partial charge on any atom is 0.337 e. The fraction of sp³-hybridized carbons (Fsp3) is 0.179. The highest BCUT2D eigenvalue weighted by Gasteiger charge is 2.57. The van der Waals surface area contributed by atoms with Gasteiger partial charge in [-0.15, -0.1) is 0 Å². The van der Waals surface area contributed by atoms with Crippen molar-refractivity contribution in [2.45, 2.75) is 25.0 Å². The lowest BCUT2D eigenvalue weighted by atomic mass is 9.92. The normalized spacial score (nSPS) is 21.7. The van der Waals surface area contributed by atoms with Gasteiger partial charge in [-0.25, -0.2) is 9.80 Å². The fourth-order valence-corrected chi connectivity index (χ4v) is 4.99. The largest absolute Gasteiger partial charge is 0.466 e. The van der Waals surface area contributed by atoms with E-state index in [9.17, 15) is 14.4 Å². The average Bonchev–Trinajstić information content (AvgIpc) is 3.36. The van der Waals surface area contributed by atoms with E-state index in [1.807, 2.05) is 71.7 Å². The summed E-state index contributed by atoms with van der Waals surface area (Å²) in [7, 11) is 1.34. The second-order valence-electron chi connectivity index (χ2n) is 8.51. The minimum atomic E-state index is -0.856.